The fraction of sp³-hybridized carbons (Fsp3) is 0.0625. The van der Waals surface area contributed by atoms with Crippen molar-refractivity contribution in [2.75, 3.05) is 5.32 Å². The van der Waals surface area contributed by atoms with Crippen LogP contribution in [0.1, 0.15) is 11.1 Å². The minimum atomic E-state index is -0.235. The van der Waals surface area contributed by atoms with Gasteiger partial charge < -0.3 is 10.4 Å². The molecule has 20 heavy (non-hydrogen) atoms. The van der Waals surface area contributed by atoms with E-state index in [1.807, 2.05) is 36.4 Å². The molecule has 0 saturated heterocycles. The van der Waals surface area contributed by atoms with E-state index in [9.17, 15) is 9.90 Å². The summed E-state index contributed by atoms with van der Waals surface area (Å²) in [7, 11) is 0. The van der Waals surface area contributed by atoms with E-state index in [0.717, 1.165) is 10.0 Å². The Morgan fingerprint density at radius 2 is 1.85 bits per heavy atom. The molecule has 0 atom stereocenters. The average Bonchev–Trinajstić information content (AvgIpc) is 2.47. The molecule has 0 saturated carbocycles. The number of rotatable bonds is 4. The Morgan fingerprint density at radius 1 is 1.15 bits per heavy atom. The van der Waals surface area contributed by atoms with Crippen molar-refractivity contribution >= 4 is 33.6 Å². The Labute approximate surface area is 126 Å². The summed E-state index contributed by atoms with van der Waals surface area (Å²) in [5.41, 5.74) is 2.24. The van der Waals surface area contributed by atoms with Crippen molar-refractivity contribution in [3.63, 3.8) is 0 Å². The maximum atomic E-state index is 11.9. The van der Waals surface area contributed by atoms with Gasteiger partial charge in [-0.25, -0.2) is 0 Å². The summed E-state index contributed by atoms with van der Waals surface area (Å²) in [6.07, 6.45) is 3.20. The maximum Gasteiger partial charge on any atom is 0.248 e. The first-order valence-electron chi connectivity index (χ1n) is 6.13. The number of benzene rings is 2. The van der Waals surface area contributed by atoms with Crippen LogP contribution < -0.4 is 5.32 Å². The number of halogens is 1. The molecule has 2 N–H and O–H groups in total. The molecule has 0 fully saturated rings. The first-order chi connectivity index (χ1) is 9.70. The van der Waals surface area contributed by atoms with Crippen molar-refractivity contribution in [1.82, 2.24) is 0 Å². The van der Waals surface area contributed by atoms with Gasteiger partial charge in [0.05, 0.1) is 6.61 Å². The summed E-state index contributed by atoms with van der Waals surface area (Å²) < 4.78 is 0.930. The van der Waals surface area contributed by atoms with Crippen LogP contribution in [0, 0.1) is 0 Å². The summed E-state index contributed by atoms with van der Waals surface area (Å²) in [5.74, 6) is -0.235. The number of hydrogen-bond acceptors (Lipinski definition) is 2. The average molecular weight is 332 g/mol. The molecular weight excluding hydrogens is 318 g/mol. The number of nitrogens with one attached hydrogen (secondary N) is 1. The number of anilines is 1. The third-order valence-electron chi connectivity index (χ3n) is 2.77. The van der Waals surface area contributed by atoms with Gasteiger partial charge in [0.1, 0.15) is 0 Å². The zero-order valence-electron chi connectivity index (χ0n) is 10.7. The lowest BCUT2D eigenvalue weighted by molar-refractivity contribution is -0.111. The molecule has 0 bridgehead atoms. The molecule has 2 aromatic rings. The lowest BCUT2D eigenvalue weighted by Crippen LogP contribution is -2.09. The van der Waals surface area contributed by atoms with Crippen LogP contribution in [0.2, 0.25) is 0 Å². The van der Waals surface area contributed by atoms with Crippen molar-refractivity contribution in [2.24, 2.45) is 0 Å². The Morgan fingerprint density at radius 3 is 2.60 bits per heavy atom. The van der Waals surface area contributed by atoms with Crippen LogP contribution in [-0.2, 0) is 11.4 Å². The third-order valence-corrected chi connectivity index (χ3v) is 3.49. The van der Waals surface area contributed by atoms with Crippen LogP contribution in [0.15, 0.2) is 59.1 Å². The van der Waals surface area contributed by atoms with Crippen LogP contribution in [0.5, 0.6) is 0 Å². The van der Waals surface area contributed by atoms with E-state index < -0.39 is 0 Å². The van der Waals surface area contributed by atoms with Crippen molar-refractivity contribution < 1.29 is 9.90 Å². The van der Waals surface area contributed by atoms with Crippen LogP contribution in [0.25, 0.3) is 6.08 Å². The van der Waals surface area contributed by atoms with Gasteiger partial charge in [-0.15, -0.1) is 0 Å². The number of para-hydroxylation sites is 1. The van der Waals surface area contributed by atoms with Gasteiger partial charge in [-0.3, -0.25) is 4.79 Å². The van der Waals surface area contributed by atoms with Gasteiger partial charge in [-0.05, 0) is 23.8 Å². The molecule has 4 heteroatoms. The van der Waals surface area contributed by atoms with E-state index in [0.29, 0.717) is 11.3 Å². The van der Waals surface area contributed by atoms with E-state index in [2.05, 4.69) is 21.2 Å². The molecule has 2 aromatic carbocycles. The monoisotopic (exact) mass is 331 g/mol. The van der Waals surface area contributed by atoms with Crippen LogP contribution in [0.4, 0.5) is 5.69 Å². The van der Waals surface area contributed by atoms with Crippen molar-refractivity contribution in [3.05, 3.63) is 70.2 Å². The number of hydrogen-bond donors (Lipinski definition) is 2. The first-order valence-corrected chi connectivity index (χ1v) is 6.92. The second-order valence-corrected chi connectivity index (χ2v) is 5.01. The van der Waals surface area contributed by atoms with E-state index in [4.69, 9.17) is 0 Å². The van der Waals surface area contributed by atoms with E-state index >= 15 is 0 Å². The Bertz CT molecular complexity index is 638. The SMILES string of the molecule is O=C(C=Cc1ccccc1Br)Nc1ccccc1CO. The smallest absolute Gasteiger partial charge is 0.248 e. The molecule has 1 amide bonds. The molecule has 0 radical (unpaired) electrons. The molecular formula is C16H14BrNO2. The van der Waals surface area contributed by atoms with E-state index in [-0.39, 0.29) is 12.5 Å². The minimum absolute atomic E-state index is 0.107. The fourth-order valence-corrected chi connectivity index (χ4v) is 2.15. The lowest BCUT2D eigenvalue weighted by Gasteiger charge is -2.07. The number of amides is 1. The first kappa shape index (κ1) is 14.5. The summed E-state index contributed by atoms with van der Waals surface area (Å²) in [4.78, 5) is 11.9. The zero-order chi connectivity index (χ0) is 14.4. The minimum Gasteiger partial charge on any atom is -0.392 e. The van der Waals surface area contributed by atoms with Crippen molar-refractivity contribution in [2.45, 2.75) is 6.61 Å². The fourth-order valence-electron chi connectivity index (χ4n) is 1.73. The Hall–Kier alpha value is -1.91. The molecule has 0 aromatic heterocycles. The van der Waals surface area contributed by atoms with Gasteiger partial charge in [-0.1, -0.05) is 52.3 Å². The largest absolute Gasteiger partial charge is 0.392 e. The molecule has 0 aliphatic carbocycles. The van der Waals surface area contributed by atoms with Gasteiger partial charge in [-0.2, -0.15) is 0 Å². The van der Waals surface area contributed by atoms with Crippen molar-refractivity contribution in [3.8, 4) is 0 Å². The summed E-state index contributed by atoms with van der Waals surface area (Å²) in [6, 6.07) is 14.8. The lowest BCUT2D eigenvalue weighted by atomic mass is 10.2. The summed E-state index contributed by atoms with van der Waals surface area (Å²) >= 11 is 3.42. The van der Waals surface area contributed by atoms with E-state index in [1.165, 1.54) is 6.08 Å². The highest BCUT2D eigenvalue weighted by Crippen LogP contribution is 2.18. The molecule has 3 nitrogen and oxygen atoms in total. The summed E-state index contributed by atoms with van der Waals surface area (Å²) in [6.45, 7) is -0.107. The highest BCUT2D eigenvalue weighted by molar-refractivity contribution is 9.10. The molecule has 2 rings (SSSR count). The number of aliphatic hydroxyl groups excluding tert-OH is 1. The third kappa shape index (κ3) is 3.79. The second kappa shape index (κ2) is 7.03. The highest BCUT2D eigenvalue weighted by atomic mass is 79.9. The van der Waals surface area contributed by atoms with Crippen LogP contribution >= 0.6 is 15.9 Å². The molecule has 102 valence electrons. The molecule has 0 aliphatic rings. The predicted molar refractivity (Wildman–Crippen MR) is 84.2 cm³/mol. The zero-order valence-corrected chi connectivity index (χ0v) is 12.3. The second-order valence-electron chi connectivity index (χ2n) is 4.16. The topological polar surface area (TPSA) is 49.3 Å². The Balaban J connectivity index is 2.08. The molecule has 0 heterocycles. The van der Waals surface area contributed by atoms with Gasteiger partial charge in [0.2, 0.25) is 5.91 Å². The highest BCUT2D eigenvalue weighted by Gasteiger charge is 2.03. The van der Waals surface area contributed by atoms with E-state index in [1.54, 1.807) is 18.2 Å². The van der Waals surface area contributed by atoms with Crippen LogP contribution in [-0.4, -0.2) is 11.0 Å². The molecule has 0 spiro atoms. The van der Waals surface area contributed by atoms with Gasteiger partial charge in [0.15, 0.2) is 0 Å². The molecule has 0 aliphatic heterocycles. The van der Waals surface area contributed by atoms with Crippen LogP contribution in [0.3, 0.4) is 0 Å². The maximum absolute atomic E-state index is 11.9. The van der Waals surface area contributed by atoms with Crippen molar-refractivity contribution in [1.29, 1.82) is 0 Å². The number of aliphatic hydroxyl groups is 1. The van der Waals surface area contributed by atoms with Gasteiger partial charge in [0.25, 0.3) is 0 Å². The standard InChI is InChI=1S/C16H14BrNO2/c17-14-7-3-1-5-12(14)9-10-16(20)18-15-8-4-2-6-13(15)11-19/h1-10,19H,11H2,(H,18,20). The normalized spacial score (nSPS) is 10.7. The number of carbonyl (C=O) groups is 1. The number of carbonyl (C=O) groups excluding carboxylic acids is 1. The Kier molecular flexibility index (Phi) is 5.09. The summed E-state index contributed by atoms with van der Waals surface area (Å²) in [5, 5.41) is 12.0. The van der Waals surface area contributed by atoms with Gasteiger partial charge >= 0.3 is 0 Å². The van der Waals surface area contributed by atoms with Gasteiger partial charge in [0, 0.05) is 21.8 Å². The molecule has 0 unspecified atom stereocenters. The predicted octanol–water partition coefficient (Wildman–Crippen LogP) is 3.59. The quantitative estimate of drug-likeness (QED) is 0.841.